The fourth-order valence-corrected chi connectivity index (χ4v) is 3.50. The first-order valence-electron chi connectivity index (χ1n) is 9.17. The zero-order valence-corrected chi connectivity index (χ0v) is 15.7. The van der Waals surface area contributed by atoms with E-state index in [4.69, 9.17) is 0 Å². The van der Waals surface area contributed by atoms with Crippen LogP contribution in [0.25, 0.3) is 0 Å². The molecule has 0 aliphatic carbocycles. The topological polar surface area (TPSA) is 40.6 Å². The number of benzene rings is 2. The maximum absolute atomic E-state index is 13.1. The number of aryl methyl sites for hydroxylation is 1. The van der Waals surface area contributed by atoms with Crippen molar-refractivity contribution in [1.29, 1.82) is 0 Å². The Morgan fingerprint density at radius 2 is 1.77 bits per heavy atom. The number of nitrogens with zero attached hydrogens (tertiary/aromatic N) is 2. The van der Waals surface area contributed by atoms with Crippen LogP contribution >= 0.6 is 0 Å². The minimum atomic E-state index is -0.284. The summed E-state index contributed by atoms with van der Waals surface area (Å²) in [4.78, 5) is 29.3. The van der Waals surface area contributed by atoms with Crippen molar-refractivity contribution < 1.29 is 9.59 Å². The van der Waals surface area contributed by atoms with Crippen LogP contribution in [-0.4, -0.2) is 29.3 Å². The molecule has 26 heavy (non-hydrogen) atoms. The van der Waals surface area contributed by atoms with Crippen LogP contribution in [0.5, 0.6) is 0 Å². The van der Waals surface area contributed by atoms with Crippen molar-refractivity contribution in [3.63, 3.8) is 0 Å². The zero-order valence-electron chi connectivity index (χ0n) is 15.7. The summed E-state index contributed by atoms with van der Waals surface area (Å²) >= 11 is 0. The number of hydrogen-bond acceptors (Lipinski definition) is 2. The van der Waals surface area contributed by atoms with Crippen LogP contribution in [-0.2, 0) is 16.1 Å². The van der Waals surface area contributed by atoms with Gasteiger partial charge in [-0.2, -0.15) is 0 Å². The van der Waals surface area contributed by atoms with Gasteiger partial charge in [-0.25, -0.2) is 0 Å². The van der Waals surface area contributed by atoms with Crippen molar-refractivity contribution in [3.05, 3.63) is 65.7 Å². The van der Waals surface area contributed by atoms with Crippen molar-refractivity contribution >= 4 is 17.5 Å². The summed E-state index contributed by atoms with van der Waals surface area (Å²) in [5.41, 5.74) is 3.07. The van der Waals surface area contributed by atoms with Gasteiger partial charge in [0, 0.05) is 31.2 Å². The highest BCUT2D eigenvalue weighted by Crippen LogP contribution is 2.29. The molecule has 2 aromatic carbocycles. The van der Waals surface area contributed by atoms with Gasteiger partial charge in [-0.1, -0.05) is 48.5 Å². The first kappa shape index (κ1) is 18.2. The van der Waals surface area contributed by atoms with E-state index in [1.54, 1.807) is 4.90 Å². The molecule has 1 heterocycles. The van der Waals surface area contributed by atoms with Crippen LogP contribution in [0, 0.1) is 12.8 Å². The fraction of sp³-hybridized carbons (Fsp3) is 0.364. The Hall–Kier alpha value is -2.62. The third kappa shape index (κ3) is 3.79. The van der Waals surface area contributed by atoms with Gasteiger partial charge in [0.1, 0.15) is 0 Å². The van der Waals surface area contributed by atoms with Crippen molar-refractivity contribution in [2.45, 2.75) is 39.8 Å². The van der Waals surface area contributed by atoms with Gasteiger partial charge in [-0.05, 0) is 38.0 Å². The third-order valence-electron chi connectivity index (χ3n) is 4.98. The Morgan fingerprint density at radius 1 is 1.12 bits per heavy atom. The van der Waals surface area contributed by atoms with Crippen molar-refractivity contribution in [2.75, 3.05) is 11.4 Å². The van der Waals surface area contributed by atoms with E-state index in [1.807, 2.05) is 80.3 Å². The molecule has 0 radical (unpaired) electrons. The Labute approximate surface area is 155 Å². The van der Waals surface area contributed by atoms with Gasteiger partial charge in [0.15, 0.2) is 0 Å². The van der Waals surface area contributed by atoms with Gasteiger partial charge in [-0.15, -0.1) is 0 Å². The average Bonchev–Trinajstić information content (AvgIpc) is 3.02. The fourth-order valence-electron chi connectivity index (χ4n) is 3.50. The van der Waals surface area contributed by atoms with E-state index in [9.17, 15) is 9.59 Å². The molecule has 1 fully saturated rings. The van der Waals surface area contributed by atoms with Gasteiger partial charge in [0.25, 0.3) is 0 Å². The molecule has 1 aliphatic rings. The van der Waals surface area contributed by atoms with Crippen LogP contribution in [0.1, 0.15) is 31.4 Å². The lowest BCUT2D eigenvalue weighted by molar-refractivity contribution is -0.138. The third-order valence-corrected chi connectivity index (χ3v) is 4.98. The second-order valence-electron chi connectivity index (χ2n) is 7.24. The monoisotopic (exact) mass is 350 g/mol. The maximum atomic E-state index is 13.1. The highest BCUT2D eigenvalue weighted by Gasteiger charge is 2.38. The highest BCUT2D eigenvalue weighted by atomic mass is 16.2. The van der Waals surface area contributed by atoms with Gasteiger partial charge in [0.2, 0.25) is 11.8 Å². The van der Waals surface area contributed by atoms with E-state index < -0.39 is 0 Å². The largest absolute Gasteiger partial charge is 0.336 e. The van der Waals surface area contributed by atoms with E-state index in [0.29, 0.717) is 13.1 Å². The Morgan fingerprint density at radius 3 is 2.42 bits per heavy atom. The first-order valence-corrected chi connectivity index (χ1v) is 9.17. The maximum Gasteiger partial charge on any atom is 0.228 e. The molecule has 0 bridgehead atoms. The smallest absolute Gasteiger partial charge is 0.228 e. The standard InChI is InChI=1S/C22H26N2O2/c1-16(2)23(14-18-10-5-4-6-11-18)22(26)19-13-21(25)24(15-19)20-12-8-7-9-17(20)3/h4-12,16,19H,13-15H2,1-3H3. The van der Waals surface area contributed by atoms with Crippen LogP contribution in [0.2, 0.25) is 0 Å². The minimum absolute atomic E-state index is 0.0288. The lowest BCUT2D eigenvalue weighted by atomic mass is 10.0. The van der Waals surface area contributed by atoms with Gasteiger partial charge in [0.05, 0.1) is 5.92 Å². The molecule has 0 spiro atoms. The number of rotatable bonds is 5. The van der Waals surface area contributed by atoms with Gasteiger partial charge < -0.3 is 9.80 Å². The van der Waals surface area contributed by atoms with E-state index in [1.165, 1.54) is 0 Å². The second-order valence-corrected chi connectivity index (χ2v) is 7.24. The van der Waals surface area contributed by atoms with Crippen LogP contribution in [0.3, 0.4) is 0 Å². The number of amides is 2. The number of carbonyl (C=O) groups excluding carboxylic acids is 2. The Kier molecular flexibility index (Phi) is 5.40. The van der Waals surface area contributed by atoms with Crippen molar-refractivity contribution in [3.8, 4) is 0 Å². The average molecular weight is 350 g/mol. The SMILES string of the molecule is Cc1ccccc1N1CC(C(=O)N(Cc2ccccc2)C(C)C)CC1=O. The van der Waals surface area contributed by atoms with Crippen LogP contribution in [0.15, 0.2) is 54.6 Å². The van der Waals surface area contributed by atoms with E-state index in [2.05, 4.69) is 0 Å². The van der Waals surface area contributed by atoms with Gasteiger partial charge >= 0.3 is 0 Å². The number of para-hydroxylation sites is 1. The van der Waals surface area contributed by atoms with Crippen molar-refractivity contribution in [1.82, 2.24) is 4.90 Å². The lowest BCUT2D eigenvalue weighted by Crippen LogP contribution is -2.41. The number of hydrogen-bond donors (Lipinski definition) is 0. The predicted molar refractivity (Wildman–Crippen MR) is 104 cm³/mol. The summed E-state index contributed by atoms with van der Waals surface area (Å²) in [6.07, 6.45) is 0.283. The van der Waals surface area contributed by atoms with E-state index in [-0.39, 0.29) is 30.2 Å². The summed E-state index contributed by atoms with van der Waals surface area (Å²) in [7, 11) is 0. The quantitative estimate of drug-likeness (QED) is 0.823. The summed E-state index contributed by atoms with van der Waals surface area (Å²) < 4.78 is 0. The molecule has 0 aromatic heterocycles. The Balaban J connectivity index is 1.76. The van der Waals surface area contributed by atoms with Gasteiger partial charge in [-0.3, -0.25) is 9.59 Å². The molecule has 4 heteroatoms. The lowest BCUT2D eigenvalue weighted by Gasteiger charge is -2.29. The summed E-state index contributed by atoms with van der Waals surface area (Å²) in [5.74, 6) is -0.192. The van der Waals surface area contributed by atoms with Crippen LogP contribution in [0.4, 0.5) is 5.69 Å². The molecular formula is C22H26N2O2. The molecule has 1 saturated heterocycles. The zero-order chi connectivity index (χ0) is 18.7. The summed E-state index contributed by atoms with van der Waals surface area (Å²) in [6, 6.07) is 17.9. The van der Waals surface area contributed by atoms with E-state index in [0.717, 1.165) is 16.8 Å². The molecule has 0 saturated carbocycles. The molecule has 4 nitrogen and oxygen atoms in total. The molecule has 2 amide bonds. The molecule has 1 atom stereocenters. The normalized spacial score (nSPS) is 17.0. The second kappa shape index (κ2) is 7.73. The minimum Gasteiger partial charge on any atom is -0.336 e. The summed E-state index contributed by atoms with van der Waals surface area (Å²) in [5, 5.41) is 0. The number of carbonyl (C=O) groups is 2. The Bertz CT molecular complexity index is 786. The molecule has 3 rings (SSSR count). The molecular weight excluding hydrogens is 324 g/mol. The van der Waals surface area contributed by atoms with Crippen molar-refractivity contribution in [2.24, 2.45) is 5.92 Å². The molecule has 1 aliphatic heterocycles. The summed E-state index contributed by atoms with van der Waals surface area (Å²) in [6.45, 7) is 7.08. The molecule has 136 valence electrons. The first-order chi connectivity index (χ1) is 12.5. The molecule has 0 N–H and O–H groups in total. The predicted octanol–water partition coefficient (Wildman–Crippen LogP) is 3.79. The number of anilines is 1. The van der Waals surface area contributed by atoms with Crippen LogP contribution < -0.4 is 4.90 Å². The van der Waals surface area contributed by atoms with E-state index >= 15 is 0 Å². The highest BCUT2D eigenvalue weighted by molar-refractivity contribution is 6.00. The molecule has 2 aromatic rings. The molecule has 1 unspecified atom stereocenters.